The molecular formula is C21H22O6. The molecule has 0 heterocycles. The van der Waals surface area contributed by atoms with Crippen molar-refractivity contribution >= 4 is 0 Å². The number of aliphatic hydroxyl groups is 6. The van der Waals surface area contributed by atoms with E-state index in [2.05, 4.69) is 29.6 Å². The summed E-state index contributed by atoms with van der Waals surface area (Å²) in [5.41, 5.74) is -14.1. The summed E-state index contributed by atoms with van der Waals surface area (Å²) >= 11 is 0. The second-order valence-corrected chi connectivity index (χ2v) is 6.74. The van der Waals surface area contributed by atoms with Gasteiger partial charge in [0, 0.05) is 32.1 Å². The van der Waals surface area contributed by atoms with Gasteiger partial charge in [-0.25, -0.2) is 0 Å². The van der Waals surface area contributed by atoms with Gasteiger partial charge in [0.25, 0.3) is 0 Å². The van der Waals surface area contributed by atoms with Crippen LogP contribution < -0.4 is 0 Å². The largest absolute Gasteiger partial charge is 0.387 e. The highest BCUT2D eigenvalue weighted by Crippen LogP contribution is 2.59. The first-order chi connectivity index (χ1) is 12.5. The maximum Gasteiger partial charge on any atom is 0.140 e. The molecule has 0 aromatic heterocycles. The quantitative estimate of drug-likeness (QED) is 0.316. The maximum absolute atomic E-state index is 11.4. The lowest BCUT2D eigenvalue weighted by Gasteiger charge is -2.67. The second-order valence-electron chi connectivity index (χ2n) is 6.74. The molecule has 1 aliphatic rings. The minimum atomic E-state index is -2.87. The maximum atomic E-state index is 11.4. The van der Waals surface area contributed by atoms with Crippen LogP contribution in [0.2, 0.25) is 0 Å². The Morgan fingerprint density at radius 1 is 0.519 bits per heavy atom. The fourth-order valence-electron chi connectivity index (χ4n) is 4.04. The molecule has 1 rings (SSSR count). The first kappa shape index (κ1) is 22.6. The summed E-state index contributed by atoms with van der Waals surface area (Å²) in [7, 11) is 0. The Kier molecular flexibility index (Phi) is 6.10. The molecule has 0 aliphatic heterocycles. The van der Waals surface area contributed by atoms with Crippen LogP contribution >= 0.6 is 0 Å². The van der Waals surface area contributed by atoms with Gasteiger partial charge in [-0.15, -0.1) is 61.7 Å². The van der Waals surface area contributed by atoms with Crippen molar-refractivity contribution in [3.63, 3.8) is 0 Å². The zero-order valence-corrected chi connectivity index (χ0v) is 14.7. The van der Waals surface area contributed by atoms with Crippen LogP contribution in [0.4, 0.5) is 0 Å². The molecule has 0 aromatic rings. The Bertz CT molecular complexity index is 743. The Morgan fingerprint density at radius 2 is 0.778 bits per heavy atom. The summed E-state index contributed by atoms with van der Waals surface area (Å²) < 4.78 is 0. The summed E-state index contributed by atoms with van der Waals surface area (Å²) in [5.74, 6) is 10.3. The minimum absolute atomic E-state index is 0.752. The van der Waals surface area contributed by atoms with Crippen molar-refractivity contribution in [2.75, 3.05) is 0 Å². The average Bonchev–Trinajstić information content (AvgIpc) is 2.60. The highest BCUT2D eigenvalue weighted by molar-refractivity contribution is 5.38. The topological polar surface area (TPSA) is 121 Å². The lowest BCUT2D eigenvalue weighted by atomic mass is 9.46. The van der Waals surface area contributed by atoms with E-state index in [1.165, 1.54) is 0 Å². The van der Waals surface area contributed by atoms with E-state index in [-0.39, 0.29) is 0 Å². The summed E-state index contributed by atoms with van der Waals surface area (Å²) in [4.78, 5) is 0. The van der Waals surface area contributed by atoms with Crippen LogP contribution in [0.15, 0.2) is 0 Å². The third-order valence-corrected chi connectivity index (χ3v) is 5.52. The summed E-state index contributed by atoms with van der Waals surface area (Å²) in [6, 6.07) is 0. The van der Waals surface area contributed by atoms with Crippen molar-refractivity contribution in [1.29, 1.82) is 0 Å². The molecule has 0 amide bonds. The van der Waals surface area contributed by atoms with Crippen molar-refractivity contribution in [2.24, 2.45) is 0 Å². The van der Waals surface area contributed by atoms with Gasteiger partial charge in [0.1, 0.15) is 34.1 Å². The van der Waals surface area contributed by atoms with E-state index in [1.54, 1.807) is 0 Å². The lowest BCUT2D eigenvalue weighted by molar-refractivity contribution is -0.403. The van der Waals surface area contributed by atoms with Crippen molar-refractivity contribution in [1.82, 2.24) is 0 Å². The monoisotopic (exact) mass is 370 g/mol. The standard InChI is InChI=1S/C21H22O6/c1-6-11-17(23)16(22)18(24,12-7-2)20(26,14-9-4)21(27,15-10-5)19(17,25)13-8-3/h1-5,16,22-27H,11-15H2/t16?,17-,18+,19-,20-,21?/m0/s1. The van der Waals surface area contributed by atoms with Crippen LogP contribution in [-0.4, -0.2) is 64.7 Å². The molecular weight excluding hydrogens is 348 g/mol. The SMILES string of the molecule is C#CCC1(O)[C@](O)(CC#C)[C@@](O)(CC#C)C(O)[C@@](O)(CC#C)[C@@]1(O)CC#C. The van der Waals surface area contributed by atoms with Gasteiger partial charge in [0.2, 0.25) is 0 Å². The Hall–Kier alpha value is -2.44. The number of hydrogen-bond donors (Lipinski definition) is 6. The lowest BCUT2D eigenvalue weighted by Crippen LogP contribution is -2.90. The summed E-state index contributed by atoms with van der Waals surface area (Å²) in [6.07, 6.45) is 20.2. The normalized spacial score (nSPS) is 43.4. The minimum Gasteiger partial charge on any atom is -0.387 e. The molecule has 6 heteroatoms. The molecule has 0 bridgehead atoms. The van der Waals surface area contributed by atoms with E-state index in [0.29, 0.717) is 0 Å². The van der Waals surface area contributed by atoms with Crippen molar-refractivity contribution < 1.29 is 30.6 Å². The molecule has 1 aliphatic carbocycles. The van der Waals surface area contributed by atoms with Gasteiger partial charge in [0.15, 0.2) is 0 Å². The zero-order chi connectivity index (χ0) is 21.1. The highest BCUT2D eigenvalue weighted by atomic mass is 16.5. The average molecular weight is 370 g/mol. The summed E-state index contributed by atoms with van der Waals surface area (Å²) in [5, 5.41) is 67.2. The molecule has 6 atom stereocenters. The van der Waals surface area contributed by atoms with E-state index in [4.69, 9.17) is 32.1 Å². The molecule has 6 N–H and O–H groups in total. The van der Waals surface area contributed by atoms with Gasteiger partial charge in [-0.2, -0.15) is 0 Å². The van der Waals surface area contributed by atoms with Crippen LogP contribution in [0.25, 0.3) is 0 Å². The van der Waals surface area contributed by atoms with Crippen LogP contribution in [0.1, 0.15) is 32.1 Å². The molecule has 2 unspecified atom stereocenters. The highest BCUT2D eigenvalue weighted by Gasteiger charge is 2.82. The van der Waals surface area contributed by atoms with E-state index in [1.807, 2.05) is 0 Å². The molecule has 6 nitrogen and oxygen atoms in total. The third-order valence-electron chi connectivity index (χ3n) is 5.52. The Balaban J connectivity index is 4.10. The van der Waals surface area contributed by atoms with E-state index in [9.17, 15) is 30.6 Å². The van der Waals surface area contributed by atoms with Gasteiger partial charge in [-0.05, 0) is 0 Å². The van der Waals surface area contributed by atoms with E-state index >= 15 is 0 Å². The van der Waals surface area contributed by atoms with Crippen molar-refractivity contribution in [3.8, 4) is 61.7 Å². The van der Waals surface area contributed by atoms with Crippen LogP contribution in [0, 0.1) is 61.7 Å². The van der Waals surface area contributed by atoms with Crippen LogP contribution in [-0.2, 0) is 0 Å². The van der Waals surface area contributed by atoms with Crippen LogP contribution in [0.5, 0.6) is 0 Å². The molecule has 0 aromatic carbocycles. The Morgan fingerprint density at radius 3 is 1.04 bits per heavy atom. The number of terminal acetylenes is 5. The first-order valence-electron chi connectivity index (χ1n) is 7.93. The molecule has 0 saturated heterocycles. The predicted molar refractivity (Wildman–Crippen MR) is 98.0 cm³/mol. The number of hydrogen-bond acceptors (Lipinski definition) is 6. The smallest absolute Gasteiger partial charge is 0.140 e. The summed E-state index contributed by atoms with van der Waals surface area (Å²) in [6.45, 7) is 0. The van der Waals surface area contributed by atoms with Gasteiger partial charge in [-0.3, -0.25) is 0 Å². The van der Waals surface area contributed by atoms with Gasteiger partial charge >= 0.3 is 0 Å². The number of aliphatic hydroxyl groups excluding tert-OH is 1. The second kappa shape index (κ2) is 7.29. The predicted octanol–water partition coefficient (Wildman–Crippen LogP) is -1.87. The molecule has 27 heavy (non-hydrogen) atoms. The van der Waals surface area contributed by atoms with Gasteiger partial charge in [-0.1, -0.05) is 0 Å². The van der Waals surface area contributed by atoms with E-state index in [0.717, 1.165) is 0 Å². The Labute approximate surface area is 159 Å². The van der Waals surface area contributed by atoms with Gasteiger partial charge in [0.05, 0.1) is 0 Å². The van der Waals surface area contributed by atoms with Crippen LogP contribution in [0.3, 0.4) is 0 Å². The van der Waals surface area contributed by atoms with Crippen molar-refractivity contribution in [2.45, 2.75) is 66.2 Å². The van der Waals surface area contributed by atoms with E-state index < -0.39 is 66.2 Å². The molecule has 142 valence electrons. The van der Waals surface area contributed by atoms with Gasteiger partial charge < -0.3 is 30.6 Å². The first-order valence-corrected chi connectivity index (χ1v) is 7.93. The van der Waals surface area contributed by atoms with Crippen molar-refractivity contribution in [3.05, 3.63) is 0 Å². The zero-order valence-electron chi connectivity index (χ0n) is 14.7. The third kappa shape index (κ3) is 2.55. The molecule has 0 radical (unpaired) electrons. The molecule has 1 fully saturated rings. The fraction of sp³-hybridized carbons (Fsp3) is 0.524. The molecule has 0 spiro atoms. The fourth-order valence-corrected chi connectivity index (χ4v) is 4.04. The number of rotatable bonds is 5. The molecule has 1 saturated carbocycles.